The minimum absolute atomic E-state index is 0.204. The number of hydrogen-bond donors (Lipinski definition) is 2. The van der Waals surface area contributed by atoms with Crippen molar-refractivity contribution in [2.75, 3.05) is 6.54 Å². The smallest absolute Gasteiger partial charge is 0.264 e. The Labute approximate surface area is 124 Å². The van der Waals surface area contributed by atoms with Crippen molar-refractivity contribution in [3.05, 3.63) is 35.9 Å². The van der Waals surface area contributed by atoms with Crippen molar-refractivity contribution in [1.29, 1.82) is 0 Å². The molecule has 1 heterocycles. The van der Waals surface area contributed by atoms with E-state index in [0.29, 0.717) is 13.0 Å². The summed E-state index contributed by atoms with van der Waals surface area (Å²) in [5, 5.41) is 17.0. The third-order valence-corrected chi connectivity index (χ3v) is 4.19. The first kappa shape index (κ1) is 14.1. The molecular formula is C16H20N2O3. The fourth-order valence-electron chi connectivity index (χ4n) is 2.89. The van der Waals surface area contributed by atoms with Gasteiger partial charge in [0.2, 0.25) is 6.10 Å². The molecule has 1 unspecified atom stereocenters. The molecule has 0 bridgehead atoms. The molecule has 21 heavy (non-hydrogen) atoms. The number of aliphatic hydroxyl groups is 1. The van der Waals surface area contributed by atoms with Crippen LogP contribution >= 0.6 is 0 Å². The number of benzene rings is 1. The van der Waals surface area contributed by atoms with Crippen molar-refractivity contribution in [3.8, 4) is 0 Å². The summed E-state index contributed by atoms with van der Waals surface area (Å²) in [4.78, 5) is 17.3. The van der Waals surface area contributed by atoms with Gasteiger partial charge in [0, 0.05) is 13.0 Å². The van der Waals surface area contributed by atoms with Crippen molar-refractivity contribution >= 4 is 11.6 Å². The van der Waals surface area contributed by atoms with E-state index in [1.807, 2.05) is 30.3 Å². The molecule has 2 aliphatic rings. The molecule has 1 aliphatic carbocycles. The predicted octanol–water partition coefficient (Wildman–Crippen LogP) is 1.60. The highest BCUT2D eigenvalue weighted by molar-refractivity contribution is 6.04. The molecule has 1 atom stereocenters. The van der Waals surface area contributed by atoms with E-state index in [-0.39, 0.29) is 5.91 Å². The maximum atomic E-state index is 12.1. The van der Waals surface area contributed by atoms with Crippen LogP contribution in [0.4, 0.5) is 0 Å². The van der Waals surface area contributed by atoms with Gasteiger partial charge in [0.15, 0.2) is 0 Å². The van der Waals surface area contributed by atoms with E-state index in [2.05, 4.69) is 10.5 Å². The van der Waals surface area contributed by atoms with E-state index in [9.17, 15) is 9.90 Å². The SMILES string of the molecule is O=C(NCC1(O)CCCC1)C1CC(c2ccccc2)=NO1. The first-order chi connectivity index (χ1) is 10.2. The molecule has 5 heteroatoms. The summed E-state index contributed by atoms with van der Waals surface area (Å²) in [6, 6.07) is 9.70. The van der Waals surface area contributed by atoms with E-state index < -0.39 is 11.7 Å². The maximum Gasteiger partial charge on any atom is 0.264 e. The number of nitrogens with zero attached hydrogens (tertiary/aromatic N) is 1. The average molecular weight is 288 g/mol. The average Bonchev–Trinajstić information content (AvgIpc) is 3.16. The first-order valence-electron chi connectivity index (χ1n) is 7.44. The van der Waals surface area contributed by atoms with Crippen molar-refractivity contribution in [3.63, 3.8) is 0 Å². The second-order valence-electron chi connectivity index (χ2n) is 5.85. The zero-order valence-corrected chi connectivity index (χ0v) is 11.9. The second-order valence-corrected chi connectivity index (χ2v) is 5.85. The van der Waals surface area contributed by atoms with Gasteiger partial charge in [-0.25, -0.2) is 0 Å². The Bertz CT molecular complexity index is 536. The predicted molar refractivity (Wildman–Crippen MR) is 78.9 cm³/mol. The van der Waals surface area contributed by atoms with Crippen molar-refractivity contribution in [2.45, 2.75) is 43.8 Å². The van der Waals surface area contributed by atoms with Gasteiger partial charge in [0.05, 0.1) is 11.3 Å². The Hall–Kier alpha value is -1.88. The lowest BCUT2D eigenvalue weighted by molar-refractivity contribution is -0.132. The molecule has 5 nitrogen and oxygen atoms in total. The van der Waals surface area contributed by atoms with Crippen LogP contribution in [0.25, 0.3) is 0 Å². The molecule has 1 aromatic carbocycles. The molecule has 0 radical (unpaired) electrons. The Kier molecular flexibility index (Phi) is 3.92. The number of nitrogens with one attached hydrogen (secondary N) is 1. The van der Waals surface area contributed by atoms with Crippen LogP contribution < -0.4 is 5.32 Å². The van der Waals surface area contributed by atoms with E-state index in [1.54, 1.807) is 0 Å². The molecule has 2 N–H and O–H groups in total. The minimum atomic E-state index is -0.739. The zero-order chi connectivity index (χ0) is 14.7. The third kappa shape index (κ3) is 3.24. The van der Waals surface area contributed by atoms with Gasteiger partial charge in [-0.15, -0.1) is 0 Å². The molecule has 1 saturated carbocycles. The Morgan fingerprint density at radius 2 is 2.05 bits per heavy atom. The van der Waals surface area contributed by atoms with Crippen LogP contribution in [0.15, 0.2) is 35.5 Å². The van der Waals surface area contributed by atoms with Gasteiger partial charge in [0.25, 0.3) is 5.91 Å². The summed E-state index contributed by atoms with van der Waals surface area (Å²) >= 11 is 0. The van der Waals surface area contributed by atoms with Gasteiger partial charge >= 0.3 is 0 Å². The molecule has 1 aliphatic heterocycles. The zero-order valence-electron chi connectivity index (χ0n) is 11.9. The van der Waals surface area contributed by atoms with Crippen molar-refractivity contribution < 1.29 is 14.7 Å². The van der Waals surface area contributed by atoms with Crippen LogP contribution in [-0.4, -0.2) is 35.0 Å². The number of hydrogen-bond acceptors (Lipinski definition) is 4. The number of carbonyl (C=O) groups excluding carboxylic acids is 1. The van der Waals surface area contributed by atoms with E-state index in [1.165, 1.54) is 0 Å². The number of oxime groups is 1. The summed E-state index contributed by atoms with van der Waals surface area (Å²) in [5.74, 6) is -0.204. The Balaban J connectivity index is 1.52. The van der Waals surface area contributed by atoms with Crippen molar-refractivity contribution in [2.24, 2.45) is 5.16 Å². The van der Waals surface area contributed by atoms with Gasteiger partial charge in [-0.1, -0.05) is 48.3 Å². The number of rotatable bonds is 4. The maximum absolute atomic E-state index is 12.1. The molecule has 0 aromatic heterocycles. The van der Waals surface area contributed by atoms with Gasteiger partial charge in [-0.2, -0.15) is 0 Å². The normalized spacial score (nSPS) is 23.5. The first-order valence-corrected chi connectivity index (χ1v) is 7.44. The van der Waals surface area contributed by atoms with Crippen LogP contribution in [0.1, 0.15) is 37.7 Å². The summed E-state index contributed by atoms with van der Waals surface area (Å²) in [6.45, 7) is 0.298. The largest absolute Gasteiger partial charge is 0.388 e. The highest BCUT2D eigenvalue weighted by Gasteiger charge is 2.34. The minimum Gasteiger partial charge on any atom is -0.388 e. The van der Waals surface area contributed by atoms with E-state index >= 15 is 0 Å². The Morgan fingerprint density at radius 1 is 1.33 bits per heavy atom. The molecule has 1 aromatic rings. The molecule has 112 valence electrons. The molecule has 1 fully saturated rings. The van der Waals surface area contributed by atoms with E-state index in [0.717, 1.165) is 37.0 Å². The van der Waals surface area contributed by atoms with E-state index in [4.69, 9.17) is 4.84 Å². The fourth-order valence-corrected chi connectivity index (χ4v) is 2.89. The number of amides is 1. The van der Waals surface area contributed by atoms with Crippen molar-refractivity contribution in [1.82, 2.24) is 5.32 Å². The quantitative estimate of drug-likeness (QED) is 0.884. The standard InChI is InChI=1S/C16H20N2O3/c19-15(17-11-16(20)8-4-5-9-16)14-10-13(18-21-14)12-6-2-1-3-7-12/h1-3,6-7,14,20H,4-5,8-11H2,(H,17,19). The molecular weight excluding hydrogens is 268 g/mol. The van der Waals surface area contributed by atoms with Gasteiger partial charge in [-0.3, -0.25) is 4.79 Å². The lowest BCUT2D eigenvalue weighted by Crippen LogP contribution is -2.44. The summed E-state index contributed by atoms with van der Waals surface area (Å²) < 4.78 is 0. The second kappa shape index (κ2) is 5.85. The highest BCUT2D eigenvalue weighted by Crippen LogP contribution is 2.28. The Morgan fingerprint density at radius 3 is 2.76 bits per heavy atom. The fraction of sp³-hybridized carbons (Fsp3) is 0.500. The third-order valence-electron chi connectivity index (χ3n) is 4.19. The molecule has 0 spiro atoms. The summed E-state index contributed by atoms with van der Waals surface area (Å²) in [6.07, 6.45) is 3.43. The molecule has 1 amide bonds. The van der Waals surface area contributed by atoms with Crippen LogP contribution in [0, 0.1) is 0 Å². The summed E-state index contributed by atoms with van der Waals surface area (Å²) in [7, 11) is 0. The van der Waals surface area contributed by atoms with Crippen LogP contribution in [0.5, 0.6) is 0 Å². The summed E-state index contributed by atoms with van der Waals surface area (Å²) in [5.41, 5.74) is 1.02. The topological polar surface area (TPSA) is 70.9 Å². The monoisotopic (exact) mass is 288 g/mol. The van der Waals surface area contributed by atoms with Gasteiger partial charge < -0.3 is 15.3 Å². The lowest BCUT2D eigenvalue weighted by Gasteiger charge is -2.22. The number of carbonyl (C=O) groups is 1. The van der Waals surface area contributed by atoms with Gasteiger partial charge in [-0.05, 0) is 18.4 Å². The molecule has 3 rings (SSSR count). The van der Waals surface area contributed by atoms with Crippen LogP contribution in [0.3, 0.4) is 0 Å². The van der Waals surface area contributed by atoms with Crippen LogP contribution in [0.2, 0.25) is 0 Å². The van der Waals surface area contributed by atoms with Gasteiger partial charge in [0.1, 0.15) is 0 Å². The van der Waals surface area contributed by atoms with Crippen LogP contribution in [-0.2, 0) is 9.63 Å². The molecule has 0 saturated heterocycles. The highest BCUT2D eigenvalue weighted by atomic mass is 16.6. The lowest BCUT2D eigenvalue weighted by atomic mass is 10.0.